The molecule has 27 heavy (non-hydrogen) atoms. The topological polar surface area (TPSA) is 18.5 Å². The molecule has 1 fully saturated rings. The highest BCUT2D eigenvalue weighted by Gasteiger charge is 2.38. The van der Waals surface area contributed by atoms with E-state index in [1.54, 1.807) is 0 Å². The first-order chi connectivity index (χ1) is 13.3. The monoisotopic (exact) mass is 358 g/mol. The molecule has 1 aliphatic heterocycles. The summed E-state index contributed by atoms with van der Waals surface area (Å²) in [6, 6.07) is 31.5. The highest BCUT2D eigenvalue weighted by Crippen LogP contribution is 2.41. The minimum absolute atomic E-state index is 0.149. The summed E-state index contributed by atoms with van der Waals surface area (Å²) in [4.78, 5) is 0. The Hall–Kier alpha value is -2.42. The molecule has 0 aromatic heterocycles. The molecule has 0 spiro atoms. The average Bonchev–Trinajstić information content (AvgIpc) is 3.16. The summed E-state index contributed by atoms with van der Waals surface area (Å²) < 4.78 is 12.7. The zero-order valence-corrected chi connectivity index (χ0v) is 15.8. The van der Waals surface area contributed by atoms with E-state index in [0.29, 0.717) is 12.5 Å². The lowest BCUT2D eigenvalue weighted by Crippen LogP contribution is -2.35. The van der Waals surface area contributed by atoms with Crippen molar-refractivity contribution < 1.29 is 9.47 Å². The zero-order valence-electron chi connectivity index (χ0n) is 15.8. The Balaban J connectivity index is 1.81. The van der Waals surface area contributed by atoms with E-state index in [0.717, 1.165) is 29.7 Å². The molecule has 1 heterocycles. The molecule has 0 N–H and O–H groups in total. The van der Waals surface area contributed by atoms with Crippen LogP contribution in [-0.2, 0) is 15.1 Å². The molecule has 1 aliphatic rings. The molecule has 1 saturated heterocycles. The van der Waals surface area contributed by atoms with Crippen LogP contribution < -0.4 is 0 Å². The Morgan fingerprint density at radius 2 is 1.22 bits per heavy atom. The van der Waals surface area contributed by atoms with Crippen LogP contribution in [0.4, 0.5) is 0 Å². The summed E-state index contributed by atoms with van der Waals surface area (Å²) in [7, 11) is 0. The quantitative estimate of drug-likeness (QED) is 0.548. The highest BCUT2D eigenvalue weighted by atomic mass is 16.5. The lowest BCUT2D eigenvalue weighted by molar-refractivity contribution is -0.0457. The summed E-state index contributed by atoms with van der Waals surface area (Å²) in [5.41, 5.74) is 2.74. The molecule has 0 bridgehead atoms. The van der Waals surface area contributed by atoms with Crippen LogP contribution in [0.15, 0.2) is 91.0 Å². The van der Waals surface area contributed by atoms with Crippen LogP contribution in [-0.4, -0.2) is 19.3 Å². The molecule has 2 nitrogen and oxygen atoms in total. The average molecular weight is 358 g/mol. The van der Waals surface area contributed by atoms with Crippen molar-refractivity contribution in [1.29, 1.82) is 0 Å². The van der Waals surface area contributed by atoms with Crippen LogP contribution in [0.3, 0.4) is 0 Å². The maximum atomic E-state index is 6.80. The van der Waals surface area contributed by atoms with Gasteiger partial charge in [0.1, 0.15) is 5.60 Å². The lowest BCUT2D eigenvalue weighted by Gasteiger charge is -2.36. The molecule has 4 rings (SSSR count). The second-order valence-corrected chi connectivity index (χ2v) is 7.39. The van der Waals surface area contributed by atoms with E-state index in [1.807, 2.05) is 18.2 Å². The van der Waals surface area contributed by atoms with Crippen LogP contribution in [0.5, 0.6) is 0 Å². The fourth-order valence-corrected chi connectivity index (χ4v) is 3.99. The van der Waals surface area contributed by atoms with Crippen LogP contribution in [0, 0.1) is 5.92 Å². The second-order valence-electron chi connectivity index (χ2n) is 7.39. The number of rotatable bonds is 6. The van der Waals surface area contributed by atoms with E-state index in [-0.39, 0.29) is 6.10 Å². The molecule has 138 valence electrons. The third-order valence-electron chi connectivity index (χ3n) is 5.31. The SMILES string of the molecule is CC1CO[C@H](COC(c2ccccc2)(c2ccccc2)c2ccccc2)C1. The van der Waals surface area contributed by atoms with E-state index < -0.39 is 5.60 Å². The molecule has 0 amide bonds. The predicted molar refractivity (Wildman–Crippen MR) is 109 cm³/mol. The van der Waals surface area contributed by atoms with E-state index in [1.165, 1.54) is 0 Å². The van der Waals surface area contributed by atoms with Gasteiger partial charge in [0.15, 0.2) is 0 Å². The first kappa shape index (κ1) is 18.0. The minimum Gasteiger partial charge on any atom is -0.376 e. The van der Waals surface area contributed by atoms with Gasteiger partial charge in [-0.2, -0.15) is 0 Å². The zero-order chi connectivity index (χ0) is 18.5. The Morgan fingerprint density at radius 3 is 1.59 bits per heavy atom. The minimum atomic E-state index is -0.654. The molecular weight excluding hydrogens is 332 g/mol. The molecular formula is C25H26O2. The summed E-state index contributed by atoms with van der Waals surface area (Å²) >= 11 is 0. The first-order valence-corrected chi connectivity index (χ1v) is 9.71. The third-order valence-corrected chi connectivity index (χ3v) is 5.31. The van der Waals surface area contributed by atoms with Crippen molar-refractivity contribution in [2.45, 2.75) is 25.0 Å². The largest absolute Gasteiger partial charge is 0.376 e. The van der Waals surface area contributed by atoms with Crippen LogP contribution in [0.2, 0.25) is 0 Å². The van der Waals surface area contributed by atoms with Crippen molar-refractivity contribution in [1.82, 2.24) is 0 Å². The molecule has 0 saturated carbocycles. The van der Waals surface area contributed by atoms with Gasteiger partial charge < -0.3 is 9.47 Å². The molecule has 3 aromatic rings. The number of ether oxygens (including phenoxy) is 2. The first-order valence-electron chi connectivity index (χ1n) is 9.71. The Kier molecular flexibility index (Phi) is 5.38. The van der Waals surface area contributed by atoms with Gasteiger partial charge in [-0.25, -0.2) is 0 Å². The number of hydrogen-bond donors (Lipinski definition) is 0. The molecule has 3 aromatic carbocycles. The van der Waals surface area contributed by atoms with Crippen LogP contribution in [0.1, 0.15) is 30.0 Å². The van der Waals surface area contributed by atoms with Gasteiger partial charge in [0.25, 0.3) is 0 Å². The van der Waals surface area contributed by atoms with Gasteiger partial charge in [0.2, 0.25) is 0 Å². The highest BCUT2D eigenvalue weighted by molar-refractivity contribution is 5.47. The van der Waals surface area contributed by atoms with Crippen molar-refractivity contribution in [2.24, 2.45) is 5.92 Å². The van der Waals surface area contributed by atoms with E-state index >= 15 is 0 Å². The van der Waals surface area contributed by atoms with Crippen molar-refractivity contribution >= 4 is 0 Å². The Labute approximate surface area is 161 Å². The standard InChI is InChI=1S/C25H26O2/c1-20-17-24(26-18-20)19-27-25(21-11-5-2-6-12-21,22-13-7-3-8-14-22)23-15-9-4-10-16-23/h2-16,20,24H,17-19H2,1H3/t20?,24-/m0/s1. The fourth-order valence-electron chi connectivity index (χ4n) is 3.99. The summed E-state index contributed by atoms with van der Waals surface area (Å²) in [5.74, 6) is 0.596. The Morgan fingerprint density at radius 1 is 0.778 bits per heavy atom. The van der Waals surface area contributed by atoms with Crippen LogP contribution in [0.25, 0.3) is 0 Å². The van der Waals surface area contributed by atoms with E-state index in [4.69, 9.17) is 9.47 Å². The summed E-state index contributed by atoms with van der Waals surface area (Å²) in [5, 5.41) is 0. The van der Waals surface area contributed by atoms with Gasteiger partial charge in [-0.1, -0.05) is 97.9 Å². The summed E-state index contributed by atoms with van der Waals surface area (Å²) in [6.45, 7) is 3.63. The fraction of sp³-hybridized carbons (Fsp3) is 0.280. The Bertz CT molecular complexity index is 733. The van der Waals surface area contributed by atoms with E-state index in [9.17, 15) is 0 Å². The van der Waals surface area contributed by atoms with Crippen molar-refractivity contribution in [3.05, 3.63) is 108 Å². The normalized spacial score (nSPS) is 19.9. The van der Waals surface area contributed by atoms with Crippen LogP contribution >= 0.6 is 0 Å². The maximum Gasteiger partial charge on any atom is 0.143 e. The third kappa shape index (κ3) is 3.69. The molecule has 1 unspecified atom stereocenters. The van der Waals surface area contributed by atoms with Gasteiger partial charge in [0.05, 0.1) is 12.7 Å². The van der Waals surface area contributed by atoms with Gasteiger partial charge >= 0.3 is 0 Å². The molecule has 2 atom stereocenters. The molecule has 0 radical (unpaired) electrons. The molecule has 2 heteroatoms. The lowest BCUT2D eigenvalue weighted by atomic mass is 9.80. The second kappa shape index (κ2) is 8.08. The summed E-state index contributed by atoms with van der Waals surface area (Å²) in [6.07, 6.45) is 1.20. The molecule has 0 aliphatic carbocycles. The number of benzene rings is 3. The number of hydrogen-bond acceptors (Lipinski definition) is 2. The smallest absolute Gasteiger partial charge is 0.143 e. The van der Waals surface area contributed by atoms with Crippen molar-refractivity contribution in [3.63, 3.8) is 0 Å². The van der Waals surface area contributed by atoms with Gasteiger partial charge in [-0.3, -0.25) is 0 Å². The van der Waals surface area contributed by atoms with Crippen molar-refractivity contribution in [2.75, 3.05) is 13.2 Å². The van der Waals surface area contributed by atoms with Gasteiger partial charge in [0, 0.05) is 6.61 Å². The van der Waals surface area contributed by atoms with Gasteiger partial charge in [-0.05, 0) is 29.0 Å². The maximum absolute atomic E-state index is 6.80. The predicted octanol–water partition coefficient (Wildman–Crippen LogP) is 5.42. The van der Waals surface area contributed by atoms with Crippen molar-refractivity contribution in [3.8, 4) is 0 Å². The van der Waals surface area contributed by atoms with E-state index in [2.05, 4.69) is 79.7 Å². The van der Waals surface area contributed by atoms with Gasteiger partial charge in [-0.15, -0.1) is 0 Å².